The second-order valence-electron chi connectivity index (χ2n) is 4.49. The molecule has 1 aliphatic heterocycles. The highest BCUT2D eigenvalue weighted by Crippen LogP contribution is 2.18. The SMILES string of the molecule is NC(=O)CCCCNC(=O)NC1(C(=O)O)CCOC1. The first-order valence-corrected chi connectivity index (χ1v) is 6.12. The van der Waals surface area contributed by atoms with E-state index >= 15 is 0 Å². The molecule has 108 valence electrons. The Morgan fingerprint density at radius 3 is 2.58 bits per heavy atom. The summed E-state index contributed by atoms with van der Waals surface area (Å²) in [5.74, 6) is -1.48. The van der Waals surface area contributed by atoms with Crippen LogP contribution in [0.15, 0.2) is 0 Å². The van der Waals surface area contributed by atoms with Crippen molar-refractivity contribution in [3.63, 3.8) is 0 Å². The Bertz CT molecular complexity index is 352. The number of unbranched alkanes of at least 4 members (excludes halogenated alkanes) is 1. The maximum Gasteiger partial charge on any atom is 0.332 e. The van der Waals surface area contributed by atoms with Crippen LogP contribution in [-0.2, 0) is 14.3 Å². The smallest absolute Gasteiger partial charge is 0.332 e. The highest BCUT2D eigenvalue weighted by molar-refractivity contribution is 5.86. The largest absolute Gasteiger partial charge is 0.479 e. The van der Waals surface area contributed by atoms with Crippen molar-refractivity contribution in [2.75, 3.05) is 19.8 Å². The fourth-order valence-electron chi connectivity index (χ4n) is 1.77. The standard InChI is InChI=1S/C11H19N3O5/c12-8(15)3-1-2-5-13-10(18)14-11(9(16)17)4-6-19-7-11/h1-7H2,(H2,12,15)(H,16,17)(H2,13,14,18). The molecule has 0 spiro atoms. The number of carbonyl (C=O) groups is 3. The number of carbonyl (C=O) groups excluding carboxylic acids is 2. The van der Waals surface area contributed by atoms with Gasteiger partial charge in [0.2, 0.25) is 5.91 Å². The van der Waals surface area contributed by atoms with Crippen LogP contribution < -0.4 is 16.4 Å². The minimum atomic E-state index is -1.34. The number of hydrogen-bond donors (Lipinski definition) is 4. The molecule has 1 rings (SSSR count). The average Bonchev–Trinajstić information content (AvgIpc) is 2.78. The van der Waals surface area contributed by atoms with Gasteiger partial charge in [-0.15, -0.1) is 0 Å². The Labute approximate surface area is 110 Å². The van der Waals surface area contributed by atoms with Gasteiger partial charge in [-0.3, -0.25) is 4.79 Å². The summed E-state index contributed by atoms with van der Waals surface area (Å²) in [5, 5.41) is 14.1. The molecule has 1 unspecified atom stereocenters. The van der Waals surface area contributed by atoms with Crippen molar-refractivity contribution in [2.45, 2.75) is 31.2 Å². The lowest BCUT2D eigenvalue weighted by Crippen LogP contribution is -2.57. The predicted octanol–water partition coefficient (Wildman–Crippen LogP) is -0.815. The number of urea groups is 1. The highest BCUT2D eigenvalue weighted by atomic mass is 16.5. The van der Waals surface area contributed by atoms with E-state index in [2.05, 4.69) is 10.6 Å². The van der Waals surface area contributed by atoms with Gasteiger partial charge in [-0.2, -0.15) is 0 Å². The predicted molar refractivity (Wildman–Crippen MR) is 65.4 cm³/mol. The van der Waals surface area contributed by atoms with Gasteiger partial charge >= 0.3 is 12.0 Å². The normalized spacial score (nSPS) is 21.9. The van der Waals surface area contributed by atoms with Crippen molar-refractivity contribution >= 4 is 17.9 Å². The summed E-state index contributed by atoms with van der Waals surface area (Å²) in [6.45, 7) is 0.637. The van der Waals surface area contributed by atoms with E-state index in [0.717, 1.165) is 0 Å². The molecule has 1 fully saturated rings. The molecule has 8 heteroatoms. The minimum absolute atomic E-state index is 0.0303. The lowest BCUT2D eigenvalue weighted by atomic mass is 9.99. The quantitative estimate of drug-likeness (QED) is 0.450. The third-order valence-corrected chi connectivity index (χ3v) is 2.92. The molecule has 0 saturated carbocycles. The van der Waals surface area contributed by atoms with Crippen LogP contribution in [0, 0.1) is 0 Å². The van der Waals surface area contributed by atoms with Crippen molar-refractivity contribution < 1.29 is 24.2 Å². The molecule has 1 heterocycles. The molecule has 1 aliphatic rings. The fraction of sp³-hybridized carbons (Fsp3) is 0.727. The number of amides is 3. The van der Waals surface area contributed by atoms with Crippen LogP contribution >= 0.6 is 0 Å². The zero-order valence-corrected chi connectivity index (χ0v) is 10.6. The van der Waals surface area contributed by atoms with Crippen LogP contribution in [-0.4, -0.2) is 48.3 Å². The summed E-state index contributed by atoms with van der Waals surface area (Å²) in [4.78, 5) is 33.2. The molecule has 19 heavy (non-hydrogen) atoms. The monoisotopic (exact) mass is 273 g/mol. The number of aliphatic carboxylic acids is 1. The Morgan fingerprint density at radius 1 is 1.32 bits per heavy atom. The number of hydrogen-bond acceptors (Lipinski definition) is 4. The van der Waals surface area contributed by atoms with Gasteiger partial charge in [0.1, 0.15) is 0 Å². The van der Waals surface area contributed by atoms with Crippen LogP contribution in [0.4, 0.5) is 4.79 Å². The van der Waals surface area contributed by atoms with E-state index in [1.165, 1.54) is 0 Å². The van der Waals surface area contributed by atoms with Crippen LogP contribution in [0.3, 0.4) is 0 Å². The van der Waals surface area contributed by atoms with Gasteiger partial charge in [0.15, 0.2) is 5.54 Å². The van der Waals surface area contributed by atoms with Crippen molar-refractivity contribution in [1.82, 2.24) is 10.6 Å². The van der Waals surface area contributed by atoms with E-state index in [1.54, 1.807) is 0 Å². The van der Waals surface area contributed by atoms with E-state index in [4.69, 9.17) is 15.6 Å². The van der Waals surface area contributed by atoms with Gasteiger partial charge in [0.25, 0.3) is 0 Å². The van der Waals surface area contributed by atoms with Gasteiger partial charge in [-0.1, -0.05) is 0 Å². The summed E-state index contributed by atoms with van der Waals surface area (Å²) < 4.78 is 5.02. The van der Waals surface area contributed by atoms with E-state index in [0.29, 0.717) is 26.0 Å². The van der Waals surface area contributed by atoms with Gasteiger partial charge < -0.3 is 26.2 Å². The maximum absolute atomic E-state index is 11.6. The molecule has 0 aliphatic carbocycles. The second-order valence-corrected chi connectivity index (χ2v) is 4.49. The van der Waals surface area contributed by atoms with E-state index in [9.17, 15) is 14.4 Å². The Kier molecular flexibility index (Phi) is 5.56. The third-order valence-electron chi connectivity index (χ3n) is 2.92. The van der Waals surface area contributed by atoms with Crippen LogP contribution in [0.5, 0.6) is 0 Å². The summed E-state index contributed by atoms with van der Waals surface area (Å²) in [6, 6.07) is -0.549. The number of rotatable bonds is 7. The van der Waals surface area contributed by atoms with Crippen LogP contribution in [0.25, 0.3) is 0 Å². The Hall–Kier alpha value is -1.83. The van der Waals surface area contributed by atoms with Crippen LogP contribution in [0.2, 0.25) is 0 Å². The number of carboxylic acid groups (broad SMARTS) is 1. The third kappa shape index (κ3) is 4.74. The first kappa shape index (κ1) is 15.2. The zero-order chi connectivity index (χ0) is 14.3. The first-order chi connectivity index (χ1) is 8.96. The summed E-state index contributed by atoms with van der Waals surface area (Å²) in [5.41, 5.74) is 3.64. The summed E-state index contributed by atoms with van der Waals surface area (Å²) >= 11 is 0. The van der Waals surface area contributed by atoms with Crippen LogP contribution in [0.1, 0.15) is 25.7 Å². The Morgan fingerprint density at radius 2 is 2.05 bits per heavy atom. The molecule has 1 saturated heterocycles. The molecule has 5 N–H and O–H groups in total. The summed E-state index contributed by atoms with van der Waals surface area (Å²) in [7, 11) is 0. The lowest BCUT2D eigenvalue weighted by molar-refractivity contribution is -0.144. The summed E-state index contributed by atoms with van der Waals surface area (Å²) in [6.07, 6.45) is 1.71. The topological polar surface area (TPSA) is 131 Å². The molecule has 0 aromatic heterocycles. The van der Waals surface area contributed by atoms with E-state index < -0.39 is 17.5 Å². The fourth-order valence-corrected chi connectivity index (χ4v) is 1.77. The molecule has 0 aromatic rings. The molecular formula is C11H19N3O5. The van der Waals surface area contributed by atoms with E-state index in [-0.39, 0.29) is 25.4 Å². The molecule has 3 amide bonds. The number of ether oxygens (including phenoxy) is 1. The van der Waals surface area contributed by atoms with Gasteiger partial charge in [0, 0.05) is 26.0 Å². The second kappa shape index (κ2) is 6.93. The maximum atomic E-state index is 11.6. The van der Waals surface area contributed by atoms with Gasteiger partial charge in [-0.25, -0.2) is 9.59 Å². The van der Waals surface area contributed by atoms with E-state index in [1.807, 2.05) is 0 Å². The zero-order valence-electron chi connectivity index (χ0n) is 10.6. The first-order valence-electron chi connectivity index (χ1n) is 6.12. The molecule has 0 bridgehead atoms. The van der Waals surface area contributed by atoms with Crippen molar-refractivity contribution in [2.24, 2.45) is 5.73 Å². The Balaban J connectivity index is 2.26. The number of carboxylic acids is 1. The minimum Gasteiger partial charge on any atom is -0.479 e. The van der Waals surface area contributed by atoms with Crippen molar-refractivity contribution in [3.8, 4) is 0 Å². The highest BCUT2D eigenvalue weighted by Gasteiger charge is 2.43. The molecular weight excluding hydrogens is 254 g/mol. The molecule has 8 nitrogen and oxygen atoms in total. The van der Waals surface area contributed by atoms with Crippen molar-refractivity contribution in [1.29, 1.82) is 0 Å². The van der Waals surface area contributed by atoms with Gasteiger partial charge in [-0.05, 0) is 12.8 Å². The number of nitrogens with one attached hydrogen (secondary N) is 2. The van der Waals surface area contributed by atoms with Gasteiger partial charge in [0.05, 0.1) is 6.61 Å². The molecule has 1 atom stereocenters. The number of nitrogens with two attached hydrogens (primary N) is 1. The molecule has 0 aromatic carbocycles. The lowest BCUT2D eigenvalue weighted by Gasteiger charge is -2.23. The number of primary amides is 1. The average molecular weight is 273 g/mol. The molecule has 0 radical (unpaired) electrons. The van der Waals surface area contributed by atoms with Crippen molar-refractivity contribution in [3.05, 3.63) is 0 Å².